The second-order valence-corrected chi connectivity index (χ2v) is 8.27. The molecule has 0 aliphatic carbocycles. The fraction of sp³-hybridized carbons (Fsp3) is 0.0476. The van der Waals surface area contributed by atoms with Crippen LogP contribution in [0.15, 0.2) is 78.9 Å². The Balaban J connectivity index is 1.98. The number of nitro benzene ring substituents is 1. The van der Waals surface area contributed by atoms with Gasteiger partial charge in [0.25, 0.3) is 15.7 Å². The van der Waals surface area contributed by atoms with Gasteiger partial charge in [-0.3, -0.25) is 14.4 Å². The molecule has 0 fully saturated rings. The summed E-state index contributed by atoms with van der Waals surface area (Å²) in [5.74, 6) is -0.501. The highest BCUT2D eigenvalue weighted by atomic mass is 32.2. The van der Waals surface area contributed by atoms with Crippen molar-refractivity contribution in [1.82, 2.24) is 0 Å². The van der Waals surface area contributed by atoms with E-state index in [1.807, 2.05) is 6.07 Å². The molecule has 0 spiro atoms. The van der Waals surface area contributed by atoms with Crippen LogP contribution in [0.2, 0.25) is 0 Å². The Morgan fingerprint density at radius 1 is 0.862 bits per heavy atom. The number of nitro groups is 1. The van der Waals surface area contributed by atoms with Gasteiger partial charge >= 0.3 is 0 Å². The van der Waals surface area contributed by atoms with Crippen LogP contribution in [0.5, 0.6) is 0 Å². The van der Waals surface area contributed by atoms with E-state index in [9.17, 15) is 23.6 Å². The van der Waals surface area contributed by atoms with E-state index in [1.165, 1.54) is 28.6 Å². The van der Waals surface area contributed by atoms with E-state index in [0.29, 0.717) is 11.3 Å². The first-order valence-electron chi connectivity index (χ1n) is 8.74. The molecule has 1 heterocycles. The molecule has 1 aliphatic rings. The van der Waals surface area contributed by atoms with Crippen LogP contribution in [-0.2, 0) is 16.6 Å². The number of rotatable bonds is 4. The summed E-state index contributed by atoms with van der Waals surface area (Å²) in [6, 6.07) is 21.0. The molecule has 7 nitrogen and oxygen atoms in total. The molecule has 0 bridgehead atoms. The topological polar surface area (TPSA) is 101 Å². The molecule has 3 aromatic carbocycles. The zero-order valence-electron chi connectivity index (χ0n) is 15.1. The number of anilines is 1. The Bertz CT molecular complexity index is 1240. The maximum Gasteiger partial charge on any atom is 0.278 e. The molecule has 0 saturated carbocycles. The van der Waals surface area contributed by atoms with Crippen LogP contribution >= 0.6 is 0 Å². The third-order valence-corrected chi connectivity index (χ3v) is 6.54. The maximum absolute atomic E-state index is 13.6. The molecule has 0 unspecified atom stereocenters. The first kappa shape index (κ1) is 18.7. The van der Waals surface area contributed by atoms with E-state index in [4.69, 9.17) is 0 Å². The van der Waals surface area contributed by atoms with E-state index in [0.717, 1.165) is 5.56 Å². The van der Waals surface area contributed by atoms with E-state index >= 15 is 0 Å². The van der Waals surface area contributed by atoms with Gasteiger partial charge in [-0.15, -0.1) is 0 Å². The molecule has 4 rings (SSSR count). The molecule has 1 aliphatic heterocycles. The Labute approximate surface area is 167 Å². The molecule has 0 atom stereocenters. The summed E-state index contributed by atoms with van der Waals surface area (Å²) < 4.78 is 28.3. The van der Waals surface area contributed by atoms with Gasteiger partial charge in [0.1, 0.15) is 10.7 Å². The summed E-state index contributed by atoms with van der Waals surface area (Å²) in [5.41, 5.74) is 0.816. The lowest BCUT2D eigenvalue weighted by Crippen LogP contribution is -2.35. The molecule has 0 amide bonds. The summed E-state index contributed by atoms with van der Waals surface area (Å²) in [5, 5.41) is 22.3. The number of hydrogen-bond acceptors (Lipinski definition) is 5. The standard InChI is InChI=1S/C21H16N2O5S/c24-20-16-10-4-6-12-18(16)22(14-15-8-2-1-3-9-15)29(27,28)21(20)17-11-5-7-13-19(17)23(25)26/h1-13,24H,14H2. The molecule has 29 heavy (non-hydrogen) atoms. The zero-order chi connectivity index (χ0) is 20.6. The van der Waals surface area contributed by atoms with E-state index in [1.54, 1.807) is 48.5 Å². The van der Waals surface area contributed by atoms with Crippen molar-refractivity contribution in [1.29, 1.82) is 0 Å². The smallest absolute Gasteiger partial charge is 0.278 e. The Morgan fingerprint density at radius 3 is 2.14 bits per heavy atom. The lowest BCUT2D eigenvalue weighted by molar-refractivity contribution is -0.385. The van der Waals surface area contributed by atoms with Crippen molar-refractivity contribution < 1.29 is 18.4 Å². The van der Waals surface area contributed by atoms with Crippen LogP contribution < -0.4 is 4.31 Å². The van der Waals surface area contributed by atoms with Crippen LogP contribution in [0.3, 0.4) is 0 Å². The van der Waals surface area contributed by atoms with Crippen LogP contribution in [0, 0.1) is 10.1 Å². The van der Waals surface area contributed by atoms with E-state index in [2.05, 4.69) is 0 Å². The normalized spacial score (nSPS) is 15.1. The average molecular weight is 408 g/mol. The Kier molecular flexibility index (Phi) is 4.56. The highest BCUT2D eigenvalue weighted by Gasteiger charge is 2.40. The number of nitrogens with zero attached hydrogens (tertiary/aromatic N) is 2. The van der Waals surface area contributed by atoms with Gasteiger partial charge in [-0.2, -0.15) is 0 Å². The number of fused-ring (bicyclic) bond motifs is 1. The van der Waals surface area contributed by atoms with Crippen molar-refractivity contribution in [2.45, 2.75) is 6.54 Å². The SMILES string of the molecule is O=[N+]([O-])c1ccccc1C1=C(O)c2ccccc2N(Cc2ccccc2)S1(=O)=O. The van der Waals surface area contributed by atoms with E-state index < -0.39 is 31.3 Å². The molecule has 0 aromatic heterocycles. The summed E-state index contributed by atoms with van der Waals surface area (Å²) in [6.07, 6.45) is 0. The third-order valence-electron chi connectivity index (χ3n) is 4.71. The second kappa shape index (κ2) is 7.06. The van der Waals surface area contributed by atoms with Gasteiger partial charge < -0.3 is 5.11 Å². The predicted molar refractivity (Wildman–Crippen MR) is 111 cm³/mol. The number of hydrogen-bond donors (Lipinski definition) is 1. The minimum Gasteiger partial charge on any atom is -0.506 e. The first-order valence-corrected chi connectivity index (χ1v) is 10.2. The third kappa shape index (κ3) is 3.13. The van der Waals surface area contributed by atoms with Crippen molar-refractivity contribution in [3.05, 3.63) is 106 Å². The lowest BCUT2D eigenvalue weighted by Gasteiger charge is -2.32. The van der Waals surface area contributed by atoms with Crippen molar-refractivity contribution in [2.24, 2.45) is 0 Å². The summed E-state index contributed by atoms with van der Waals surface area (Å²) in [6.45, 7) is 0.0254. The largest absolute Gasteiger partial charge is 0.506 e. The van der Waals surface area contributed by atoms with Crippen LogP contribution in [0.1, 0.15) is 16.7 Å². The van der Waals surface area contributed by atoms with Gasteiger partial charge in [-0.05, 0) is 23.8 Å². The van der Waals surface area contributed by atoms with Crippen molar-refractivity contribution in [3.63, 3.8) is 0 Å². The second-order valence-electron chi connectivity index (χ2n) is 6.47. The number of aliphatic hydroxyl groups excluding tert-OH is 1. The molecule has 8 heteroatoms. The van der Waals surface area contributed by atoms with Gasteiger partial charge in [0.15, 0.2) is 0 Å². The molecular formula is C21H16N2O5S. The number of benzene rings is 3. The monoisotopic (exact) mass is 408 g/mol. The highest BCUT2D eigenvalue weighted by molar-refractivity contribution is 8.02. The molecule has 146 valence electrons. The lowest BCUT2D eigenvalue weighted by atomic mass is 10.1. The fourth-order valence-corrected chi connectivity index (χ4v) is 5.15. The summed E-state index contributed by atoms with van der Waals surface area (Å²) in [7, 11) is -4.28. The summed E-state index contributed by atoms with van der Waals surface area (Å²) >= 11 is 0. The van der Waals surface area contributed by atoms with Gasteiger partial charge in [0.05, 0.1) is 22.7 Å². The molecule has 1 N–H and O–H groups in total. The molecule has 0 radical (unpaired) electrons. The Morgan fingerprint density at radius 2 is 1.45 bits per heavy atom. The van der Waals surface area contributed by atoms with Gasteiger partial charge in [0, 0.05) is 11.6 Å². The van der Waals surface area contributed by atoms with Crippen molar-refractivity contribution in [2.75, 3.05) is 4.31 Å². The van der Waals surface area contributed by atoms with Crippen LogP contribution in [-0.4, -0.2) is 18.4 Å². The van der Waals surface area contributed by atoms with Crippen molar-refractivity contribution >= 4 is 32.1 Å². The Hall–Kier alpha value is -3.65. The average Bonchev–Trinajstić information content (AvgIpc) is 2.72. The fourth-order valence-electron chi connectivity index (χ4n) is 3.39. The minimum atomic E-state index is -4.28. The highest BCUT2D eigenvalue weighted by Crippen LogP contribution is 2.45. The van der Waals surface area contributed by atoms with Crippen LogP contribution in [0.4, 0.5) is 11.4 Å². The van der Waals surface area contributed by atoms with Crippen molar-refractivity contribution in [3.8, 4) is 0 Å². The maximum atomic E-state index is 13.6. The zero-order valence-corrected chi connectivity index (χ0v) is 15.9. The molecule has 3 aromatic rings. The predicted octanol–water partition coefficient (Wildman–Crippen LogP) is 4.33. The first-order chi connectivity index (χ1) is 13.9. The van der Waals surface area contributed by atoms with Gasteiger partial charge in [-0.25, -0.2) is 8.42 Å². The van der Waals surface area contributed by atoms with E-state index in [-0.39, 0.29) is 12.1 Å². The number of sulfonamides is 1. The minimum absolute atomic E-state index is 0.0254. The molecular weight excluding hydrogens is 392 g/mol. The number of para-hydroxylation sites is 2. The summed E-state index contributed by atoms with van der Waals surface area (Å²) in [4.78, 5) is 10.4. The quantitative estimate of drug-likeness (QED) is 0.511. The van der Waals surface area contributed by atoms with Gasteiger partial charge in [0.2, 0.25) is 0 Å². The molecule has 0 saturated heterocycles. The number of aliphatic hydroxyl groups is 1. The van der Waals surface area contributed by atoms with Gasteiger partial charge in [-0.1, -0.05) is 54.6 Å². The van der Waals surface area contributed by atoms with Crippen LogP contribution in [0.25, 0.3) is 10.7 Å².